The lowest BCUT2D eigenvalue weighted by atomic mass is 10.1. The van der Waals surface area contributed by atoms with Gasteiger partial charge in [-0.15, -0.1) is 10.2 Å². The second-order valence-corrected chi connectivity index (χ2v) is 5.83. The van der Waals surface area contributed by atoms with Crippen LogP contribution < -0.4 is 15.4 Å². The van der Waals surface area contributed by atoms with Gasteiger partial charge in [-0.3, -0.25) is 4.79 Å². The number of ether oxygens (including phenoxy) is 1. The number of nitrogens with zero attached hydrogens (tertiary/aromatic N) is 2. The first-order chi connectivity index (χ1) is 12.6. The monoisotopic (exact) mass is 348 g/mol. The Labute approximate surface area is 152 Å². The largest absolute Gasteiger partial charge is 0.497 e. The van der Waals surface area contributed by atoms with Crippen molar-refractivity contribution >= 4 is 17.4 Å². The van der Waals surface area contributed by atoms with Crippen LogP contribution in [0.4, 0.5) is 11.5 Å². The van der Waals surface area contributed by atoms with Crippen molar-refractivity contribution in [2.45, 2.75) is 13.5 Å². The molecule has 0 bridgehead atoms. The number of benzene rings is 2. The van der Waals surface area contributed by atoms with Crippen molar-refractivity contribution in [3.8, 4) is 5.75 Å². The number of carbonyl (C=O) groups excluding carboxylic acids is 1. The maximum atomic E-state index is 12.2. The maximum absolute atomic E-state index is 12.2. The smallest absolute Gasteiger partial charge is 0.272 e. The molecule has 0 aliphatic heterocycles. The van der Waals surface area contributed by atoms with Gasteiger partial charge in [0.25, 0.3) is 5.91 Å². The van der Waals surface area contributed by atoms with Crippen LogP contribution in [0.3, 0.4) is 0 Å². The first kappa shape index (κ1) is 17.4. The molecule has 1 heterocycles. The fourth-order valence-electron chi connectivity index (χ4n) is 2.35. The van der Waals surface area contributed by atoms with Crippen molar-refractivity contribution < 1.29 is 9.53 Å². The topological polar surface area (TPSA) is 76.1 Å². The van der Waals surface area contributed by atoms with E-state index in [9.17, 15) is 4.79 Å². The fourth-order valence-corrected chi connectivity index (χ4v) is 2.35. The van der Waals surface area contributed by atoms with Gasteiger partial charge in [-0.25, -0.2) is 0 Å². The first-order valence-corrected chi connectivity index (χ1v) is 8.22. The Morgan fingerprint density at radius 2 is 1.85 bits per heavy atom. The summed E-state index contributed by atoms with van der Waals surface area (Å²) in [5.74, 6) is 1.04. The van der Waals surface area contributed by atoms with Crippen LogP contribution in [-0.4, -0.2) is 23.2 Å². The third-order valence-electron chi connectivity index (χ3n) is 3.81. The molecule has 132 valence electrons. The zero-order valence-corrected chi connectivity index (χ0v) is 14.7. The minimum Gasteiger partial charge on any atom is -0.497 e. The number of aryl methyl sites for hydroxylation is 1. The molecule has 1 amide bonds. The molecule has 0 unspecified atom stereocenters. The Kier molecular flexibility index (Phi) is 5.43. The van der Waals surface area contributed by atoms with E-state index >= 15 is 0 Å². The molecular formula is C20H20N4O2. The number of nitrogens with one attached hydrogen (secondary N) is 2. The van der Waals surface area contributed by atoms with E-state index in [1.165, 1.54) is 5.56 Å². The molecular weight excluding hydrogens is 328 g/mol. The molecule has 0 spiro atoms. The molecule has 2 aromatic carbocycles. The summed E-state index contributed by atoms with van der Waals surface area (Å²) in [6.45, 7) is 2.48. The van der Waals surface area contributed by atoms with Crippen LogP contribution in [0.25, 0.3) is 0 Å². The van der Waals surface area contributed by atoms with Gasteiger partial charge in [-0.05, 0) is 36.8 Å². The lowest BCUT2D eigenvalue weighted by molar-refractivity contribution is 0.0945. The standard InChI is InChI=1S/C20H20N4O2/c1-14-6-8-15(9-7-14)13-21-20(25)18-10-11-19(24-23-18)22-16-4-3-5-17(12-16)26-2/h3-12H,13H2,1-2H3,(H,21,25)(H,22,24). The molecule has 3 aromatic rings. The third kappa shape index (κ3) is 4.57. The summed E-state index contributed by atoms with van der Waals surface area (Å²) in [7, 11) is 1.61. The van der Waals surface area contributed by atoms with E-state index in [2.05, 4.69) is 20.8 Å². The van der Waals surface area contributed by atoms with Gasteiger partial charge >= 0.3 is 0 Å². The molecule has 6 nitrogen and oxygen atoms in total. The zero-order valence-electron chi connectivity index (χ0n) is 14.7. The Hall–Kier alpha value is -3.41. The summed E-state index contributed by atoms with van der Waals surface area (Å²) in [4.78, 5) is 12.2. The van der Waals surface area contributed by atoms with E-state index in [0.29, 0.717) is 12.4 Å². The average molecular weight is 348 g/mol. The van der Waals surface area contributed by atoms with Gasteiger partial charge in [0.2, 0.25) is 0 Å². The summed E-state index contributed by atoms with van der Waals surface area (Å²) in [6.07, 6.45) is 0. The van der Waals surface area contributed by atoms with Crippen molar-refractivity contribution in [3.63, 3.8) is 0 Å². The first-order valence-electron chi connectivity index (χ1n) is 8.22. The summed E-state index contributed by atoms with van der Waals surface area (Å²) >= 11 is 0. The Balaban J connectivity index is 1.59. The van der Waals surface area contributed by atoms with Crippen LogP contribution in [0.1, 0.15) is 21.6 Å². The average Bonchev–Trinajstić information content (AvgIpc) is 2.68. The van der Waals surface area contributed by atoms with Crippen LogP contribution in [0.15, 0.2) is 60.7 Å². The van der Waals surface area contributed by atoms with Crippen LogP contribution in [-0.2, 0) is 6.54 Å². The molecule has 2 N–H and O–H groups in total. The van der Waals surface area contributed by atoms with Crippen molar-refractivity contribution in [2.75, 3.05) is 12.4 Å². The number of anilines is 2. The van der Waals surface area contributed by atoms with E-state index in [-0.39, 0.29) is 11.6 Å². The molecule has 3 rings (SSSR count). The lowest BCUT2D eigenvalue weighted by Gasteiger charge is -2.08. The summed E-state index contributed by atoms with van der Waals surface area (Å²) in [5, 5.41) is 14.0. The number of hydrogen-bond acceptors (Lipinski definition) is 5. The second kappa shape index (κ2) is 8.11. The van der Waals surface area contributed by atoms with Crippen LogP contribution >= 0.6 is 0 Å². The van der Waals surface area contributed by atoms with Crippen molar-refractivity contribution in [1.29, 1.82) is 0 Å². The molecule has 0 aliphatic rings. The van der Waals surface area contributed by atoms with E-state index < -0.39 is 0 Å². The normalized spacial score (nSPS) is 10.2. The van der Waals surface area contributed by atoms with Gasteiger partial charge < -0.3 is 15.4 Å². The highest BCUT2D eigenvalue weighted by molar-refractivity contribution is 5.92. The van der Waals surface area contributed by atoms with Crippen LogP contribution in [0, 0.1) is 6.92 Å². The highest BCUT2D eigenvalue weighted by Crippen LogP contribution is 2.19. The summed E-state index contributed by atoms with van der Waals surface area (Å²) < 4.78 is 5.18. The number of hydrogen-bond donors (Lipinski definition) is 2. The minimum atomic E-state index is -0.258. The zero-order chi connectivity index (χ0) is 18.4. The second-order valence-electron chi connectivity index (χ2n) is 5.83. The highest BCUT2D eigenvalue weighted by atomic mass is 16.5. The molecule has 0 saturated carbocycles. The number of aromatic nitrogens is 2. The van der Waals surface area contributed by atoms with Gasteiger partial charge in [0.05, 0.1) is 7.11 Å². The van der Waals surface area contributed by atoms with E-state index in [4.69, 9.17) is 4.74 Å². The van der Waals surface area contributed by atoms with Gasteiger partial charge in [0, 0.05) is 18.3 Å². The Morgan fingerprint density at radius 3 is 2.54 bits per heavy atom. The van der Waals surface area contributed by atoms with Gasteiger partial charge in [0.1, 0.15) is 5.75 Å². The Bertz CT molecular complexity index is 877. The molecule has 26 heavy (non-hydrogen) atoms. The van der Waals surface area contributed by atoms with Crippen molar-refractivity contribution in [2.24, 2.45) is 0 Å². The predicted molar refractivity (Wildman–Crippen MR) is 101 cm³/mol. The fraction of sp³-hybridized carbons (Fsp3) is 0.150. The quantitative estimate of drug-likeness (QED) is 0.713. The SMILES string of the molecule is COc1cccc(Nc2ccc(C(=O)NCc3ccc(C)cc3)nn2)c1. The van der Waals surface area contributed by atoms with Crippen LogP contribution in [0.2, 0.25) is 0 Å². The number of amides is 1. The molecule has 1 aromatic heterocycles. The molecule has 0 atom stereocenters. The van der Waals surface area contributed by atoms with Crippen molar-refractivity contribution in [3.05, 3.63) is 77.5 Å². The lowest BCUT2D eigenvalue weighted by Crippen LogP contribution is -2.24. The van der Waals surface area contributed by atoms with Crippen LogP contribution in [0.5, 0.6) is 5.75 Å². The summed E-state index contributed by atoms with van der Waals surface area (Å²) in [6, 6.07) is 18.8. The van der Waals surface area contributed by atoms with E-state index in [0.717, 1.165) is 17.0 Å². The van der Waals surface area contributed by atoms with E-state index in [1.807, 2.05) is 55.5 Å². The minimum absolute atomic E-state index is 0.258. The molecule has 6 heteroatoms. The maximum Gasteiger partial charge on any atom is 0.272 e. The molecule has 0 aliphatic carbocycles. The summed E-state index contributed by atoms with van der Waals surface area (Å²) in [5.41, 5.74) is 3.32. The molecule has 0 radical (unpaired) electrons. The van der Waals surface area contributed by atoms with E-state index in [1.54, 1.807) is 19.2 Å². The Morgan fingerprint density at radius 1 is 1.04 bits per heavy atom. The van der Waals surface area contributed by atoms with Gasteiger partial charge in [-0.1, -0.05) is 35.9 Å². The number of rotatable bonds is 6. The predicted octanol–water partition coefficient (Wildman–Crippen LogP) is 3.47. The van der Waals surface area contributed by atoms with Gasteiger partial charge in [0.15, 0.2) is 11.5 Å². The third-order valence-corrected chi connectivity index (χ3v) is 3.81. The molecule has 0 saturated heterocycles. The molecule has 0 fully saturated rings. The highest BCUT2D eigenvalue weighted by Gasteiger charge is 2.08. The number of methoxy groups -OCH3 is 1. The van der Waals surface area contributed by atoms with Crippen molar-refractivity contribution in [1.82, 2.24) is 15.5 Å². The number of carbonyl (C=O) groups is 1. The van der Waals surface area contributed by atoms with Gasteiger partial charge in [-0.2, -0.15) is 0 Å².